The van der Waals surface area contributed by atoms with Gasteiger partial charge in [-0.1, -0.05) is 0 Å². The highest BCUT2D eigenvalue weighted by Crippen LogP contribution is 2.22. The minimum absolute atomic E-state index is 0.0841. The molecule has 122 valence electrons. The molecule has 7 nitrogen and oxygen atoms in total. The Morgan fingerprint density at radius 1 is 1.30 bits per heavy atom. The molecule has 1 amide bonds. The minimum Gasteiger partial charge on any atom is -0.426 e. The Balaban J connectivity index is 2.16. The van der Waals surface area contributed by atoms with Gasteiger partial charge in [-0.2, -0.15) is 0 Å². The summed E-state index contributed by atoms with van der Waals surface area (Å²) in [5.74, 6) is -0.499. The molecule has 1 aromatic carbocycles. The van der Waals surface area contributed by atoms with Gasteiger partial charge < -0.3 is 4.74 Å². The number of thiazole rings is 1. The number of esters is 1. The van der Waals surface area contributed by atoms with Gasteiger partial charge in [0, 0.05) is 24.1 Å². The van der Waals surface area contributed by atoms with Crippen LogP contribution in [0.25, 0.3) is 0 Å². The van der Waals surface area contributed by atoms with Gasteiger partial charge in [0.05, 0.1) is 0 Å². The van der Waals surface area contributed by atoms with Gasteiger partial charge in [-0.15, -0.1) is 11.3 Å². The third kappa shape index (κ3) is 4.36. The lowest BCUT2D eigenvalue weighted by Crippen LogP contribution is -2.12. The Labute approximate surface area is 137 Å². The quantitative estimate of drug-likeness (QED) is 0.666. The zero-order valence-electron chi connectivity index (χ0n) is 12.6. The lowest BCUT2D eigenvalue weighted by atomic mass is 10.1. The zero-order valence-corrected chi connectivity index (χ0v) is 14.2. The van der Waals surface area contributed by atoms with Gasteiger partial charge in [0.25, 0.3) is 5.91 Å². The number of sulfone groups is 1. The molecule has 0 aliphatic rings. The number of benzene rings is 1. The van der Waals surface area contributed by atoms with E-state index in [0.29, 0.717) is 16.9 Å². The highest BCUT2D eigenvalue weighted by Gasteiger charge is 2.15. The largest absolute Gasteiger partial charge is 0.426 e. The average Bonchev–Trinajstić information content (AvgIpc) is 2.89. The Morgan fingerprint density at radius 2 is 2.00 bits per heavy atom. The van der Waals surface area contributed by atoms with Crippen LogP contribution >= 0.6 is 11.3 Å². The molecule has 2 aromatic rings. The topological polar surface area (TPSA) is 102 Å². The second kappa shape index (κ2) is 6.47. The summed E-state index contributed by atoms with van der Waals surface area (Å²) in [5, 5.41) is 4.00. The predicted molar refractivity (Wildman–Crippen MR) is 85.7 cm³/mol. The molecular weight excluding hydrogens is 340 g/mol. The average molecular weight is 354 g/mol. The number of amides is 1. The van der Waals surface area contributed by atoms with Crippen LogP contribution in [0.4, 0.5) is 5.13 Å². The molecule has 0 spiro atoms. The van der Waals surface area contributed by atoms with Crippen molar-refractivity contribution >= 4 is 38.2 Å². The van der Waals surface area contributed by atoms with E-state index in [1.165, 1.54) is 24.4 Å². The van der Waals surface area contributed by atoms with Crippen LogP contribution in [0.5, 0.6) is 5.75 Å². The first-order valence-corrected chi connectivity index (χ1v) is 9.20. The highest BCUT2D eigenvalue weighted by atomic mass is 32.2. The van der Waals surface area contributed by atoms with Gasteiger partial charge in [-0.05, 0) is 30.7 Å². The molecule has 0 radical (unpaired) electrons. The number of carbonyl (C=O) groups excluding carboxylic acids is 2. The Kier molecular flexibility index (Phi) is 4.81. The van der Waals surface area contributed by atoms with Gasteiger partial charge >= 0.3 is 5.97 Å². The molecular formula is C14H14N2O5S2. The van der Waals surface area contributed by atoms with Crippen molar-refractivity contribution in [2.75, 3.05) is 11.6 Å². The van der Waals surface area contributed by atoms with Crippen molar-refractivity contribution in [3.05, 3.63) is 34.7 Å². The van der Waals surface area contributed by atoms with E-state index in [9.17, 15) is 18.0 Å². The molecule has 2 rings (SSSR count). The fourth-order valence-electron chi connectivity index (χ4n) is 1.72. The molecule has 0 unspecified atom stereocenters. The van der Waals surface area contributed by atoms with Crippen LogP contribution in [0, 0.1) is 6.92 Å². The summed E-state index contributed by atoms with van der Waals surface area (Å²) < 4.78 is 27.7. The molecule has 1 N–H and O–H groups in total. The number of nitrogens with one attached hydrogen (secondary N) is 1. The first-order valence-electron chi connectivity index (χ1n) is 6.43. The molecule has 0 bridgehead atoms. The second-order valence-electron chi connectivity index (χ2n) is 4.79. The Bertz CT molecular complexity index is 871. The maximum atomic E-state index is 12.2. The van der Waals surface area contributed by atoms with E-state index in [-0.39, 0.29) is 10.2 Å². The fraction of sp³-hybridized carbons (Fsp3) is 0.214. The number of ether oxygens (including phenoxy) is 1. The van der Waals surface area contributed by atoms with Crippen molar-refractivity contribution in [1.29, 1.82) is 0 Å². The maximum absolute atomic E-state index is 12.2. The van der Waals surface area contributed by atoms with E-state index >= 15 is 0 Å². The van der Waals surface area contributed by atoms with Gasteiger partial charge in [-0.3, -0.25) is 14.9 Å². The SMILES string of the molecule is CC(=O)Oc1ccc(C(=O)Nc2nc(S(C)(=O)=O)cs2)cc1C. The Hall–Kier alpha value is -2.26. The monoisotopic (exact) mass is 354 g/mol. The molecule has 0 atom stereocenters. The first-order chi connectivity index (χ1) is 10.7. The van der Waals surface area contributed by atoms with Crippen molar-refractivity contribution in [1.82, 2.24) is 4.98 Å². The smallest absolute Gasteiger partial charge is 0.308 e. The summed E-state index contributed by atoms with van der Waals surface area (Å²) in [4.78, 5) is 27.0. The molecule has 0 fully saturated rings. The number of rotatable bonds is 4. The van der Waals surface area contributed by atoms with Crippen LogP contribution in [0.1, 0.15) is 22.8 Å². The number of anilines is 1. The number of carbonyl (C=O) groups is 2. The van der Waals surface area contributed by atoms with Gasteiger partial charge in [0.1, 0.15) is 5.75 Å². The van der Waals surface area contributed by atoms with Crippen molar-refractivity contribution < 1.29 is 22.7 Å². The predicted octanol–water partition coefficient (Wildman–Crippen LogP) is 2.03. The molecule has 9 heteroatoms. The molecule has 1 aromatic heterocycles. The molecule has 1 heterocycles. The standard InChI is InChI=1S/C14H14N2O5S2/c1-8-6-10(4-5-11(8)21-9(2)17)13(18)16-14-15-12(7-22-14)23(3,19)20/h4-7H,1-3H3,(H,15,16,18). The second-order valence-corrected chi connectivity index (χ2v) is 7.61. The van der Waals surface area contributed by atoms with Crippen molar-refractivity contribution in [3.63, 3.8) is 0 Å². The van der Waals surface area contributed by atoms with Crippen molar-refractivity contribution in [2.45, 2.75) is 18.9 Å². The number of hydrogen-bond acceptors (Lipinski definition) is 7. The first kappa shape index (κ1) is 17.1. The number of hydrogen-bond donors (Lipinski definition) is 1. The van der Waals surface area contributed by atoms with Gasteiger partial charge in [0.2, 0.25) is 0 Å². The number of aromatic nitrogens is 1. The molecule has 0 aliphatic carbocycles. The lowest BCUT2D eigenvalue weighted by Gasteiger charge is -2.07. The van der Waals surface area contributed by atoms with Crippen LogP contribution < -0.4 is 10.1 Å². The number of aryl methyl sites for hydroxylation is 1. The third-order valence-corrected chi connectivity index (χ3v) is 4.65. The van der Waals surface area contributed by atoms with Crippen molar-refractivity contribution in [2.24, 2.45) is 0 Å². The summed E-state index contributed by atoms with van der Waals surface area (Å²) in [6.07, 6.45) is 1.05. The highest BCUT2D eigenvalue weighted by molar-refractivity contribution is 7.90. The van der Waals surface area contributed by atoms with E-state index in [2.05, 4.69) is 10.3 Å². The summed E-state index contributed by atoms with van der Waals surface area (Å²) >= 11 is 1.02. The van der Waals surface area contributed by atoms with E-state index in [4.69, 9.17) is 4.74 Å². The van der Waals surface area contributed by atoms with E-state index in [1.54, 1.807) is 13.0 Å². The zero-order chi connectivity index (χ0) is 17.2. The van der Waals surface area contributed by atoms with Crippen molar-refractivity contribution in [3.8, 4) is 5.75 Å². The van der Waals surface area contributed by atoms with E-state index < -0.39 is 21.7 Å². The van der Waals surface area contributed by atoms with Crippen LogP contribution in [-0.4, -0.2) is 31.5 Å². The van der Waals surface area contributed by atoms with Gasteiger partial charge in [0.15, 0.2) is 20.0 Å². The summed E-state index contributed by atoms with van der Waals surface area (Å²) in [6.45, 7) is 3.00. The van der Waals surface area contributed by atoms with Crippen LogP contribution in [0.15, 0.2) is 28.6 Å². The van der Waals surface area contributed by atoms with E-state index in [0.717, 1.165) is 17.6 Å². The van der Waals surface area contributed by atoms with Crippen LogP contribution in [0.2, 0.25) is 0 Å². The summed E-state index contributed by atoms with van der Waals surface area (Å²) in [5.41, 5.74) is 0.971. The summed E-state index contributed by atoms with van der Waals surface area (Å²) in [7, 11) is -3.41. The van der Waals surface area contributed by atoms with Crippen LogP contribution in [-0.2, 0) is 14.6 Å². The fourth-order valence-corrected chi connectivity index (χ4v) is 3.44. The normalized spacial score (nSPS) is 11.1. The molecule has 23 heavy (non-hydrogen) atoms. The number of nitrogens with zero attached hydrogens (tertiary/aromatic N) is 1. The van der Waals surface area contributed by atoms with E-state index in [1.807, 2.05) is 0 Å². The molecule has 0 aliphatic heterocycles. The van der Waals surface area contributed by atoms with Gasteiger partial charge in [-0.25, -0.2) is 13.4 Å². The maximum Gasteiger partial charge on any atom is 0.308 e. The summed E-state index contributed by atoms with van der Waals surface area (Å²) in [6, 6.07) is 4.60. The minimum atomic E-state index is -3.41. The lowest BCUT2D eigenvalue weighted by molar-refractivity contribution is -0.131. The molecule has 0 saturated carbocycles. The molecule has 0 saturated heterocycles. The van der Waals surface area contributed by atoms with Crippen LogP contribution in [0.3, 0.4) is 0 Å². The third-order valence-electron chi connectivity index (χ3n) is 2.77. The Morgan fingerprint density at radius 3 is 2.52 bits per heavy atom.